The fourth-order valence-corrected chi connectivity index (χ4v) is 2.17. The summed E-state index contributed by atoms with van der Waals surface area (Å²) in [6, 6.07) is 7.95. The quantitative estimate of drug-likeness (QED) is 0.848. The number of anilines is 2. The predicted octanol–water partition coefficient (Wildman–Crippen LogP) is 3.75. The maximum Gasteiger partial charge on any atom is 0.244 e. The third kappa shape index (κ3) is 3.86. The second-order valence-corrected chi connectivity index (χ2v) is 5.23. The fourth-order valence-electron chi connectivity index (χ4n) is 1.99. The topological polar surface area (TPSA) is 49.4 Å². The molecule has 4 nitrogen and oxygen atoms in total. The number of hydrogen-bond donors (Lipinski definition) is 1. The van der Waals surface area contributed by atoms with Crippen LogP contribution in [0.4, 0.5) is 24.5 Å². The highest BCUT2D eigenvalue weighted by Gasteiger charge is 2.23. The van der Waals surface area contributed by atoms with Crippen LogP contribution in [0.25, 0.3) is 0 Å². The van der Waals surface area contributed by atoms with Crippen LogP contribution in [-0.4, -0.2) is 18.4 Å². The third-order valence-electron chi connectivity index (χ3n) is 3.14. The number of carbonyl (C=O) groups excluding carboxylic acids is 2. The van der Waals surface area contributed by atoms with Crippen LogP contribution in [0.2, 0.25) is 5.02 Å². The van der Waals surface area contributed by atoms with Gasteiger partial charge in [-0.3, -0.25) is 9.59 Å². The average Bonchev–Trinajstić information content (AvgIpc) is 2.53. The number of hydrogen-bond acceptors (Lipinski definition) is 2. The number of rotatable bonds is 4. The smallest absolute Gasteiger partial charge is 0.244 e. The molecule has 2 aromatic rings. The first-order valence-electron chi connectivity index (χ1n) is 6.77. The zero-order chi connectivity index (χ0) is 17.9. The number of halogens is 4. The number of para-hydroxylation sites is 1. The molecule has 0 fully saturated rings. The normalized spacial score (nSPS) is 10.4. The van der Waals surface area contributed by atoms with Crippen molar-refractivity contribution in [2.45, 2.75) is 6.92 Å². The van der Waals surface area contributed by atoms with Crippen LogP contribution in [0.3, 0.4) is 0 Å². The van der Waals surface area contributed by atoms with Gasteiger partial charge in [-0.2, -0.15) is 0 Å². The molecule has 0 aliphatic carbocycles. The lowest BCUT2D eigenvalue weighted by Crippen LogP contribution is -2.37. The zero-order valence-corrected chi connectivity index (χ0v) is 13.2. The Bertz CT molecular complexity index is 799. The van der Waals surface area contributed by atoms with E-state index in [-0.39, 0.29) is 5.02 Å². The molecule has 0 atom stereocenters. The Morgan fingerprint density at radius 1 is 1.08 bits per heavy atom. The lowest BCUT2D eigenvalue weighted by atomic mass is 10.2. The van der Waals surface area contributed by atoms with Gasteiger partial charge in [0.05, 0.1) is 16.4 Å². The summed E-state index contributed by atoms with van der Waals surface area (Å²) in [7, 11) is 0. The molecule has 0 radical (unpaired) electrons. The van der Waals surface area contributed by atoms with Gasteiger partial charge in [-0.1, -0.05) is 23.7 Å². The van der Waals surface area contributed by atoms with Gasteiger partial charge in [0.1, 0.15) is 6.54 Å². The lowest BCUT2D eigenvalue weighted by Gasteiger charge is -2.21. The molecule has 0 saturated heterocycles. The predicted molar refractivity (Wildman–Crippen MR) is 84.4 cm³/mol. The first-order valence-corrected chi connectivity index (χ1v) is 7.15. The Labute approximate surface area is 140 Å². The Hall–Kier alpha value is -2.54. The van der Waals surface area contributed by atoms with Crippen molar-refractivity contribution >= 4 is 34.8 Å². The highest BCUT2D eigenvalue weighted by molar-refractivity contribution is 6.33. The van der Waals surface area contributed by atoms with Crippen LogP contribution in [0.1, 0.15) is 6.92 Å². The second-order valence-electron chi connectivity index (χ2n) is 4.83. The number of nitrogens with one attached hydrogen (secondary N) is 1. The third-order valence-corrected chi connectivity index (χ3v) is 3.46. The van der Waals surface area contributed by atoms with E-state index in [9.17, 15) is 22.8 Å². The number of benzene rings is 2. The first kappa shape index (κ1) is 17.8. The van der Waals surface area contributed by atoms with Crippen LogP contribution in [-0.2, 0) is 9.59 Å². The van der Waals surface area contributed by atoms with E-state index in [0.29, 0.717) is 16.7 Å². The molecule has 0 heterocycles. The molecular weight excluding hydrogens is 345 g/mol. The highest BCUT2D eigenvalue weighted by Crippen LogP contribution is 2.24. The monoisotopic (exact) mass is 356 g/mol. The molecule has 2 aromatic carbocycles. The Kier molecular flexibility index (Phi) is 5.46. The van der Waals surface area contributed by atoms with Gasteiger partial charge >= 0.3 is 0 Å². The minimum Gasteiger partial charge on any atom is -0.323 e. The van der Waals surface area contributed by atoms with Gasteiger partial charge in [0, 0.05) is 6.92 Å². The van der Waals surface area contributed by atoms with E-state index < -0.39 is 41.5 Å². The average molecular weight is 357 g/mol. The molecule has 8 heteroatoms. The molecule has 0 bridgehead atoms. The molecule has 0 spiro atoms. The van der Waals surface area contributed by atoms with Crippen molar-refractivity contribution in [3.05, 3.63) is 58.9 Å². The molecule has 2 rings (SSSR count). The van der Waals surface area contributed by atoms with Crippen molar-refractivity contribution < 1.29 is 22.8 Å². The summed E-state index contributed by atoms with van der Waals surface area (Å²) in [5.41, 5.74) is -0.228. The van der Waals surface area contributed by atoms with Crippen LogP contribution in [0, 0.1) is 17.5 Å². The van der Waals surface area contributed by atoms with Crippen molar-refractivity contribution in [3.8, 4) is 0 Å². The van der Waals surface area contributed by atoms with Crippen LogP contribution in [0.5, 0.6) is 0 Å². The number of amides is 2. The first-order chi connectivity index (χ1) is 11.3. The van der Waals surface area contributed by atoms with E-state index in [0.717, 1.165) is 13.0 Å². The van der Waals surface area contributed by atoms with Crippen LogP contribution in [0.15, 0.2) is 36.4 Å². The van der Waals surface area contributed by atoms with E-state index in [1.165, 1.54) is 6.07 Å². The molecule has 0 saturated carbocycles. The van der Waals surface area contributed by atoms with E-state index in [2.05, 4.69) is 5.32 Å². The van der Waals surface area contributed by atoms with Crippen molar-refractivity contribution in [2.24, 2.45) is 0 Å². The van der Waals surface area contributed by atoms with Crippen molar-refractivity contribution in [1.29, 1.82) is 0 Å². The molecular formula is C16H12ClF3N2O2. The molecule has 0 unspecified atom stereocenters. The summed E-state index contributed by atoms with van der Waals surface area (Å²) in [4.78, 5) is 24.4. The van der Waals surface area contributed by atoms with E-state index in [1.54, 1.807) is 18.2 Å². The molecule has 0 aliphatic rings. The highest BCUT2D eigenvalue weighted by atomic mass is 35.5. The summed E-state index contributed by atoms with van der Waals surface area (Å²) in [6.45, 7) is 0.478. The Balaban J connectivity index is 2.24. The van der Waals surface area contributed by atoms with Gasteiger partial charge in [-0.05, 0) is 24.3 Å². The number of carbonyl (C=O) groups is 2. The van der Waals surface area contributed by atoms with Gasteiger partial charge < -0.3 is 10.2 Å². The number of nitrogens with zero attached hydrogens (tertiary/aromatic N) is 1. The zero-order valence-electron chi connectivity index (χ0n) is 12.4. The summed E-state index contributed by atoms with van der Waals surface area (Å²) in [5.74, 6) is -6.04. The second kappa shape index (κ2) is 7.35. The maximum atomic E-state index is 13.9. The van der Waals surface area contributed by atoms with Crippen LogP contribution < -0.4 is 10.2 Å². The van der Waals surface area contributed by atoms with Gasteiger partial charge in [0.25, 0.3) is 0 Å². The summed E-state index contributed by atoms with van der Waals surface area (Å²) >= 11 is 5.90. The molecule has 126 valence electrons. The molecule has 0 aromatic heterocycles. The summed E-state index contributed by atoms with van der Waals surface area (Å²) in [6.07, 6.45) is 0. The minimum absolute atomic E-state index is 0.277. The van der Waals surface area contributed by atoms with Gasteiger partial charge in [0.2, 0.25) is 11.8 Å². The summed E-state index contributed by atoms with van der Waals surface area (Å²) in [5, 5.41) is 2.73. The van der Waals surface area contributed by atoms with Crippen molar-refractivity contribution in [1.82, 2.24) is 0 Å². The largest absolute Gasteiger partial charge is 0.323 e. The van der Waals surface area contributed by atoms with E-state index >= 15 is 0 Å². The van der Waals surface area contributed by atoms with Gasteiger partial charge in [-0.15, -0.1) is 0 Å². The minimum atomic E-state index is -1.72. The van der Waals surface area contributed by atoms with Crippen molar-refractivity contribution in [2.75, 3.05) is 16.8 Å². The van der Waals surface area contributed by atoms with Crippen molar-refractivity contribution in [3.63, 3.8) is 0 Å². The Morgan fingerprint density at radius 3 is 2.38 bits per heavy atom. The maximum absolute atomic E-state index is 13.9. The van der Waals surface area contributed by atoms with Gasteiger partial charge in [0.15, 0.2) is 17.5 Å². The SMILES string of the molecule is CC(=O)N(CC(=O)Nc1ccccc1Cl)c1ccc(F)c(F)c1F. The lowest BCUT2D eigenvalue weighted by molar-refractivity contribution is -0.120. The molecule has 24 heavy (non-hydrogen) atoms. The van der Waals surface area contributed by atoms with Crippen LogP contribution >= 0.6 is 11.6 Å². The molecule has 1 N–H and O–H groups in total. The molecule has 2 amide bonds. The standard InChI is InChI=1S/C16H12ClF3N2O2/c1-9(23)22(13-7-6-11(18)15(19)16(13)20)8-14(24)21-12-5-3-2-4-10(12)17/h2-7H,8H2,1H3,(H,21,24). The van der Waals surface area contributed by atoms with Gasteiger partial charge in [-0.25, -0.2) is 13.2 Å². The van der Waals surface area contributed by atoms with E-state index in [4.69, 9.17) is 11.6 Å². The fraction of sp³-hybridized carbons (Fsp3) is 0.125. The Morgan fingerprint density at radius 2 is 1.75 bits per heavy atom. The molecule has 0 aliphatic heterocycles. The summed E-state index contributed by atoms with van der Waals surface area (Å²) < 4.78 is 40.2. The van der Waals surface area contributed by atoms with E-state index in [1.807, 2.05) is 0 Å².